The topological polar surface area (TPSA) is 89.2 Å². The maximum absolute atomic E-state index is 12.9. The number of nitrogens with one attached hydrogen (secondary N) is 1. The van der Waals surface area contributed by atoms with Gasteiger partial charge in [0.2, 0.25) is 5.91 Å². The van der Waals surface area contributed by atoms with Crippen LogP contribution in [-0.4, -0.2) is 31.3 Å². The van der Waals surface area contributed by atoms with Crippen LogP contribution in [0.2, 0.25) is 0 Å². The standard InChI is InChI=1S/C29H29N5O2/c1-17(35)26-27(23-13-19-8-9-20(12-19)14-23)33-28-24(16-31-34(28)29(26)32-18(2)36)22-10-11-25(30-15-22)21-6-4-3-5-7-21/h3-7,10-11,15-16,19-20,23H,8-9,12-14H2,1-2H3,(H,32,36)/t19-,20+,23+. The Kier molecular flexibility index (Phi) is 5.63. The minimum absolute atomic E-state index is 0.105. The SMILES string of the molecule is CC(=O)Nc1c(C(C)=O)c([C@H]2C[C@@H]3CC[C@@H](C3)C2)nc2c(-c3ccc(-c4ccccc4)nc3)cnn12. The van der Waals surface area contributed by atoms with Gasteiger partial charge in [-0.05, 0) is 44.1 Å². The summed E-state index contributed by atoms with van der Waals surface area (Å²) in [5, 5.41) is 7.46. The van der Waals surface area contributed by atoms with Crippen LogP contribution < -0.4 is 5.32 Å². The lowest BCUT2D eigenvalue weighted by Crippen LogP contribution is -2.22. The molecule has 1 N–H and O–H groups in total. The first-order chi connectivity index (χ1) is 17.5. The summed E-state index contributed by atoms with van der Waals surface area (Å²) in [5.74, 6) is 1.64. The van der Waals surface area contributed by atoms with Crippen molar-refractivity contribution in [1.82, 2.24) is 19.6 Å². The molecule has 2 bridgehead atoms. The van der Waals surface area contributed by atoms with E-state index in [-0.39, 0.29) is 17.6 Å². The first-order valence-corrected chi connectivity index (χ1v) is 12.7. The van der Waals surface area contributed by atoms with Gasteiger partial charge in [0.1, 0.15) is 5.82 Å². The highest BCUT2D eigenvalue weighted by molar-refractivity contribution is 6.04. The van der Waals surface area contributed by atoms with Gasteiger partial charge in [-0.3, -0.25) is 14.6 Å². The maximum Gasteiger partial charge on any atom is 0.222 e. The molecule has 6 rings (SSSR count). The van der Waals surface area contributed by atoms with Gasteiger partial charge in [-0.1, -0.05) is 49.2 Å². The number of ketones is 1. The summed E-state index contributed by atoms with van der Waals surface area (Å²) in [6, 6.07) is 14.1. The van der Waals surface area contributed by atoms with Crippen LogP contribution in [0.5, 0.6) is 0 Å². The Bertz CT molecular complexity index is 1450. The van der Waals surface area contributed by atoms with Crippen LogP contribution in [0.15, 0.2) is 54.9 Å². The number of anilines is 1. The summed E-state index contributed by atoms with van der Waals surface area (Å²) < 4.78 is 1.60. The summed E-state index contributed by atoms with van der Waals surface area (Å²) in [5.41, 5.74) is 5.56. The minimum Gasteiger partial charge on any atom is -0.310 e. The van der Waals surface area contributed by atoms with Gasteiger partial charge in [-0.25, -0.2) is 4.98 Å². The van der Waals surface area contributed by atoms with E-state index in [1.807, 2.05) is 48.7 Å². The van der Waals surface area contributed by atoms with Crippen molar-refractivity contribution in [2.75, 3.05) is 5.32 Å². The fourth-order valence-corrected chi connectivity index (χ4v) is 6.20. The van der Waals surface area contributed by atoms with Crippen molar-refractivity contribution in [3.8, 4) is 22.4 Å². The van der Waals surface area contributed by atoms with Crippen LogP contribution in [0, 0.1) is 11.8 Å². The fraction of sp³-hybridized carbons (Fsp3) is 0.345. The molecule has 7 heteroatoms. The number of nitrogens with zero attached hydrogens (tertiary/aromatic N) is 4. The molecular weight excluding hydrogens is 450 g/mol. The van der Waals surface area contributed by atoms with E-state index in [1.165, 1.54) is 26.2 Å². The normalized spacial score (nSPS) is 21.0. The first kappa shape index (κ1) is 22.6. The minimum atomic E-state index is -0.245. The number of pyridine rings is 1. The predicted molar refractivity (Wildman–Crippen MR) is 139 cm³/mol. The Labute approximate surface area is 210 Å². The number of rotatable bonds is 5. The van der Waals surface area contributed by atoms with Gasteiger partial charge in [0.05, 0.1) is 23.1 Å². The number of aromatic nitrogens is 4. The molecule has 1 amide bonds. The van der Waals surface area contributed by atoms with Crippen LogP contribution in [0.25, 0.3) is 28.0 Å². The van der Waals surface area contributed by atoms with Crippen molar-refractivity contribution < 1.29 is 9.59 Å². The molecule has 3 heterocycles. The number of amides is 1. The highest BCUT2D eigenvalue weighted by Gasteiger charge is 2.38. The number of carbonyl (C=O) groups is 2. The molecular formula is C29H29N5O2. The van der Waals surface area contributed by atoms with Gasteiger partial charge in [0.25, 0.3) is 0 Å². The van der Waals surface area contributed by atoms with E-state index in [4.69, 9.17) is 4.98 Å². The van der Waals surface area contributed by atoms with Crippen molar-refractivity contribution in [2.45, 2.75) is 51.9 Å². The molecule has 0 spiro atoms. The van der Waals surface area contributed by atoms with E-state index in [0.29, 0.717) is 28.9 Å². The Balaban J connectivity index is 1.50. The molecule has 36 heavy (non-hydrogen) atoms. The van der Waals surface area contributed by atoms with Crippen LogP contribution in [0.4, 0.5) is 5.82 Å². The molecule has 0 saturated heterocycles. The third-order valence-corrected chi connectivity index (χ3v) is 7.74. The number of benzene rings is 1. The second kappa shape index (κ2) is 8.97. The van der Waals surface area contributed by atoms with Crippen LogP contribution in [0.1, 0.15) is 67.9 Å². The van der Waals surface area contributed by atoms with Crippen molar-refractivity contribution in [3.63, 3.8) is 0 Å². The molecule has 2 aliphatic rings. The molecule has 3 atom stereocenters. The third kappa shape index (κ3) is 3.98. The first-order valence-electron chi connectivity index (χ1n) is 12.7. The molecule has 0 aliphatic heterocycles. The highest BCUT2D eigenvalue weighted by Crippen LogP contribution is 2.49. The molecule has 4 aromatic rings. The summed E-state index contributed by atoms with van der Waals surface area (Å²) in [6.45, 7) is 3.00. The average molecular weight is 480 g/mol. The Morgan fingerprint density at radius 2 is 1.67 bits per heavy atom. The van der Waals surface area contributed by atoms with Gasteiger partial charge in [-0.2, -0.15) is 9.61 Å². The van der Waals surface area contributed by atoms with Gasteiger partial charge in [-0.15, -0.1) is 0 Å². The maximum atomic E-state index is 12.9. The van der Waals surface area contributed by atoms with E-state index in [1.54, 1.807) is 17.6 Å². The van der Waals surface area contributed by atoms with Crippen molar-refractivity contribution in [2.24, 2.45) is 11.8 Å². The van der Waals surface area contributed by atoms with E-state index < -0.39 is 0 Å². The third-order valence-electron chi connectivity index (χ3n) is 7.74. The van der Waals surface area contributed by atoms with Crippen LogP contribution in [0.3, 0.4) is 0 Å². The molecule has 3 aromatic heterocycles. The summed E-state index contributed by atoms with van der Waals surface area (Å²) in [7, 11) is 0. The summed E-state index contributed by atoms with van der Waals surface area (Å²) in [4.78, 5) is 34.9. The van der Waals surface area contributed by atoms with Gasteiger partial charge in [0.15, 0.2) is 11.4 Å². The second-order valence-electron chi connectivity index (χ2n) is 10.3. The zero-order valence-electron chi connectivity index (χ0n) is 20.6. The predicted octanol–water partition coefficient (Wildman–Crippen LogP) is 5.91. The van der Waals surface area contributed by atoms with E-state index in [9.17, 15) is 9.59 Å². The van der Waals surface area contributed by atoms with Crippen LogP contribution in [-0.2, 0) is 4.79 Å². The summed E-state index contributed by atoms with van der Waals surface area (Å²) in [6.07, 6.45) is 9.45. The lowest BCUT2D eigenvalue weighted by molar-refractivity contribution is -0.114. The van der Waals surface area contributed by atoms with Gasteiger partial charge in [0, 0.05) is 35.7 Å². The zero-order chi connectivity index (χ0) is 24.8. The number of Topliss-reactive ketones (excluding diaryl/α,β-unsaturated/α-hetero) is 1. The lowest BCUT2D eigenvalue weighted by Gasteiger charge is -2.29. The highest BCUT2D eigenvalue weighted by atomic mass is 16.1. The average Bonchev–Trinajstić information content (AvgIpc) is 3.46. The smallest absolute Gasteiger partial charge is 0.222 e. The molecule has 2 saturated carbocycles. The molecule has 7 nitrogen and oxygen atoms in total. The van der Waals surface area contributed by atoms with E-state index >= 15 is 0 Å². The molecule has 182 valence electrons. The largest absolute Gasteiger partial charge is 0.310 e. The van der Waals surface area contributed by atoms with Crippen molar-refractivity contribution in [1.29, 1.82) is 0 Å². The van der Waals surface area contributed by atoms with Crippen molar-refractivity contribution in [3.05, 3.63) is 66.1 Å². The quantitative estimate of drug-likeness (QED) is 0.359. The number of fused-ring (bicyclic) bond motifs is 3. The van der Waals surface area contributed by atoms with E-state index in [2.05, 4.69) is 15.4 Å². The molecule has 2 aliphatic carbocycles. The lowest BCUT2D eigenvalue weighted by atomic mass is 9.78. The second-order valence-corrected chi connectivity index (χ2v) is 10.3. The number of carbonyl (C=O) groups excluding carboxylic acids is 2. The fourth-order valence-electron chi connectivity index (χ4n) is 6.20. The van der Waals surface area contributed by atoms with Gasteiger partial charge < -0.3 is 5.32 Å². The Morgan fingerprint density at radius 3 is 2.31 bits per heavy atom. The number of hydrogen-bond acceptors (Lipinski definition) is 5. The Hall–Kier alpha value is -3.87. The molecule has 2 fully saturated rings. The zero-order valence-corrected chi connectivity index (χ0v) is 20.6. The molecule has 0 unspecified atom stereocenters. The molecule has 0 radical (unpaired) electrons. The monoisotopic (exact) mass is 479 g/mol. The van der Waals surface area contributed by atoms with E-state index in [0.717, 1.165) is 40.9 Å². The van der Waals surface area contributed by atoms with Gasteiger partial charge >= 0.3 is 0 Å². The van der Waals surface area contributed by atoms with Crippen molar-refractivity contribution >= 4 is 23.2 Å². The van der Waals surface area contributed by atoms with Crippen LogP contribution >= 0.6 is 0 Å². The Morgan fingerprint density at radius 1 is 0.917 bits per heavy atom. The number of hydrogen-bond donors (Lipinski definition) is 1. The summed E-state index contributed by atoms with van der Waals surface area (Å²) >= 11 is 0. The molecule has 1 aromatic carbocycles.